The van der Waals surface area contributed by atoms with Gasteiger partial charge < -0.3 is 4.74 Å². The normalized spacial score (nSPS) is 10.7. The second-order valence-corrected chi connectivity index (χ2v) is 5.36. The molecule has 0 aliphatic carbocycles. The van der Waals surface area contributed by atoms with E-state index in [1.54, 1.807) is 24.5 Å². The number of nitrogens with zero attached hydrogens (tertiary/aromatic N) is 1. The number of rotatable bonds is 4. The van der Waals surface area contributed by atoms with Crippen molar-refractivity contribution in [1.82, 2.24) is 0 Å². The van der Waals surface area contributed by atoms with E-state index in [0.717, 1.165) is 5.52 Å². The van der Waals surface area contributed by atoms with Gasteiger partial charge in [-0.1, -0.05) is 35.6 Å². The van der Waals surface area contributed by atoms with Gasteiger partial charge in [-0.2, -0.15) is 4.57 Å². The first-order chi connectivity index (χ1) is 9.78. The third kappa shape index (κ3) is 2.42. The lowest BCUT2D eigenvalue weighted by molar-refractivity contribution is -0.652. The summed E-state index contributed by atoms with van der Waals surface area (Å²) in [7, 11) is 1.60. The van der Waals surface area contributed by atoms with E-state index in [-0.39, 0.29) is 5.78 Å². The van der Waals surface area contributed by atoms with Crippen LogP contribution in [0.3, 0.4) is 0 Å². The van der Waals surface area contributed by atoms with Gasteiger partial charge >= 0.3 is 0 Å². The van der Waals surface area contributed by atoms with Crippen LogP contribution in [-0.2, 0) is 6.54 Å². The molecule has 0 aliphatic rings. The highest BCUT2D eigenvalue weighted by atomic mass is 32.1. The Labute approximate surface area is 121 Å². The molecular weight excluding hydrogens is 270 g/mol. The molecular formula is C16H14NO2S+. The Hall–Kier alpha value is -2.20. The largest absolute Gasteiger partial charge is 0.497 e. The third-order valence-corrected chi connectivity index (χ3v) is 4.15. The number of hydrogen-bond donors (Lipinski definition) is 0. The van der Waals surface area contributed by atoms with Crippen LogP contribution in [0, 0.1) is 0 Å². The molecule has 0 N–H and O–H groups in total. The van der Waals surface area contributed by atoms with Crippen LogP contribution in [-0.4, -0.2) is 12.9 Å². The number of carbonyl (C=O) groups excluding carboxylic acids is 1. The molecule has 0 radical (unpaired) electrons. The first kappa shape index (κ1) is 12.8. The van der Waals surface area contributed by atoms with Crippen molar-refractivity contribution >= 4 is 27.3 Å². The molecule has 0 atom stereocenters. The molecule has 2 aromatic carbocycles. The first-order valence-electron chi connectivity index (χ1n) is 6.31. The Balaban J connectivity index is 1.88. The van der Waals surface area contributed by atoms with E-state index < -0.39 is 0 Å². The highest BCUT2D eigenvalue weighted by Gasteiger charge is 2.17. The Morgan fingerprint density at radius 3 is 2.90 bits per heavy atom. The quantitative estimate of drug-likeness (QED) is 0.544. The second-order valence-electron chi connectivity index (χ2n) is 4.47. The standard InChI is InChI=1S/C16H14NO2S/c1-19-13-6-4-5-12(9-13)15(18)10-17-11-20-16-8-3-2-7-14(16)17/h2-9,11H,10H2,1H3/q+1. The maximum absolute atomic E-state index is 12.4. The summed E-state index contributed by atoms with van der Waals surface area (Å²) in [5.74, 6) is 0.786. The summed E-state index contributed by atoms with van der Waals surface area (Å²) < 4.78 is 8.33. The molecule has 1 heterocycles. The van der Waals surface area contributed by atoms with E-state index in [9.17, 15) is 4.79 Å². The maximum Gasteiger partial charge on any atom is 0.227 e. The average Bonchev–Trinajstić information content (AvgIpc) is 2.90. The lowest BCUT2D eigenvalue weighted by Gasteiger charge is -2.01. The average molecular weight is 284 g/mol. The number of benzene rings is 2. The molecule has 0 fully saturated rings. The van der Waals surface area contributed by atoms with Crippen molar-refractivity contribution in [3.63, 3.8) is 0 Å². The van der Waals surface area contributed by atoms with E-state index in [2.05, 4.69) is 6.07 Å². The summed E-state index contributed by atoms with van der Waals surface area (Å²) in [5.41, 5.74) is 3.75. The van der Waals surface area contributed by atoms with Gasteiger partial charge in [-0.05, 0) is 18.2 Å². The molecule has 4 heteroatoms. The number of thiazole rings is 1. The SMILES string of the molecule is COc1cccc(C(=O)C[n+]2csc3ccccc32)c1. The van der Waals surface area contributed by atoms with Gasteiger partial charge in [-0.15, -0.1) is 0 Å². The minimum Gasteiger partial charge on any atom is -0.497 e. The molecule has 0 saturated heterocycles. The van der Waals surface area contributed by atoms with Gasteiger partial charge in [0.05, 0.1) is 7.11 Å². The van der Waals surface area contributed by atoms with E-state index in [1.807, 2.05) is 46.5 Å². The Bertz CT molecular complexity index is 764. The zero-order valence-electron chi connectivity index (χ0n) is 11.1. The highest BCUT2D eigenvalue weighted by molar-refractivity contribution is 7.16. The van der Waals surface area contributed by atoms with Gasteiger partial charge in [-0.3, -0.25) is 4.79 Å². The topological polar surface area (TPSA) is 30.2 Å². The van der Waals surface area contributed by atoms with Crippen LogP contribution in [0.4, 0.5) is 0 Å². The lowest BCUT2D eigenvalue weighted by Crippen LogP contribution is -2.36. The molecule has 20 heavy (non-hydrogen) atoms. The Morgan fingerprint density at radius 1 is 1.20 bits per heavy atom. The van der Waals surface area contributed by atoms with Gasteiger partial charge in [0.1, 0.15) is 10.4 Å². The third-order valence-electron chi connectivity index (χ3n) is 3.19. The highest BCUT2D eigenvalue weighted by Crippen LogP contribution is 2.16. The van der Waals surface area contributed by atoms with Crippen LogP contribution in [0.25, 0.3) is 10.2 Å². The fourth-order valence-electron chi connectivity index (χ4n) is 2.14. The van der Waals surface area contributed by atoms with E-state index in [1.165, 1.54) is 4.70 Å². The van der Waals surface area contributed by atoms with E-state index >= 15 is 0 Å². The van der Waals surface area contributed by atoms with Crippen molar-refractivity contribution in [3.05, 3.63) is 59.6 Å². The monoisotopic (exact) mass is 284 g/mol. The molecule has 100 valence electrons. The molecule has 0 aliphatic heterocycles. The maximum atomic E-state index is 12.4. The van der Waals surface area contributed by atoms with E-state index in [4.69, 9.17) is 4.74 Å². The van der Waals surface area contributed by atoms with Gasteiger partial charge in [0.2, 0.25) is 23.4 Å². The Morgan fingerprint density at radius 2 is 2.05 bits per heavy atom. The van der Waals surface area contributed by atoms with Crippen LogP contribution in [0.1, 0.15) is 10.4 Å². The number of hydrogen-bond acceptors (Lipinski definition) is 3. The molecule has 0 spiro atoms. The number of para-hydroxylation sites is 1. The molecule has 3 rings (SSSR count). The number of methoxy groups -OCH3 is 1. The molecule has 1 aromatic heterocycles. The van der Waals surface area contributed by atoms with Crippen LogP contribution in [0.5, 0.6) is 5.75 Å². The van der Waals surface area contributed by atoms with Gasteiger partial charge in [-0.25, -0.2) is 0 Å². The smallest absolute Gasteiger partial charge is 0.227 e. The van der Waals surface area contributed by atoms with Crippen molar-refractivity contribution in [2.45, 2.75) is 6.54 Å². The van der Waals surface area contributed by atoms with Crippen LogP contribution in [0.2, 0.25) is 0 Å². The summed E-state index contributed by atoms with van der Waals surface area (Å²) in [4.78, 5) is 12.4. The molecule has 0 unspecified atom stereocenters. The van der Waals surface area contributed by atoms with Crippen molar-refractivity contribution < 1.29 is 14.1 Å². The lowest BCUT2D eigenvalue weighted by atomic mass is 10.1. The number of ether oxygens (including phenoxy) is 1. The molecule has 0 bridgehead atoms. The summed E-state index contributed by atoms with van der Waals surface area (Å²) in [5, 5.41) is 0. The Kier molecular flexibility index (Phi) is 3.48. The minimum absolute atomic E-state index is 0.0810. The number of carbonyl (C=O) groups is 1. The van der Waals surface area contributed by atoms with Crippen LogP contribution < -0.4 is 9.30 Å². The second kappa shape index (κ2) is 5.43. The molecule has 3 aromatic rings. The summed E-state index contributed by atoms with van der Waals surface area (Å²) in [6.07, 6.45) is 0. The number of Topliss-reactive ketones (excluding diaryl/α,β-unsaturated/α-hetero) is 1. The van der Waals surface area contributed by atoms with Gasteiger partial charge in [0.25, 0.3) is 0 Å². The molecule has 3 nitrogen and oxygen atoms in total. The predicted octanol–water partition coefficient (Wildman–Crippen LogP) is 3.08. The fraction of sp³-hybridized carbons (Fsp3) is 0.125. The summed E-state index contributed by atoms with van der Waals surface area (Å²) >= 11 is 1.64. The minimum atomic E-state index is 0.0810. The number of aromatic nitrogens is 1. The zero-order chi connectivity index (χ0) is 13.9. The van der Waals surface area contributed by atoms with Crippen LogP contribution in [0.15, 0.2) is 54.0 Å². The zero-order valence-corrected chi connectivity index (χ0v) is 11.9. The van der Waals surface area contributed by atoms with Crippen molar-refractivity contribution in [1.29, 1.82) is 0 Å². The predicted molar refractivity (Wildman–Crippen MR) is 79.3 cm³/mol. The van der Waals surface area contributed by atoms with Gasteiger partial charge in [0.15, 0.2) is 0 Å². The number of ketones is 1. The summed E-state index contributed by atoms with van der Waals surface area (Å²) in [6.45, 7) is 0.344. The first-order valence-corrected chi connectivity index (χ1v) is 7.19. The van der Waals surface area contributed by atoms with Crippen molar-refractivity contribution in [3.8, 4) is 5.75 Å². The molecule has 0 saturated carbocycles. The number of fused-ring (bicyclic) bond motifs is 1. The van der Waals surface area contributed by atoms with Crippen molar-refractivity contribution in [2.75, 3.05) is 7.11 Å². The van der Waals surface area contributed by atoms with Crippen LogP contribution >= 0.6 is 11.3 Å². The summed E-state index contributed by atoms with van der Waals surface area (Å²) in [6, 6.07) is 15.4. The van der Waals surface area contributed by atoms with Gasteiger partial charge in [0, 0.05) is 11.6 Å². The van der Waals surface area contributed by atoms with Crippen molar-refractivity contribution in [2.24, 2.45) is 0 Å². The fourth-order valence-corrected chi connectivity index (χ4v) is 3.03. The van der Waals surface area contributed by atoms with E-state index in [0.29, 0.717) is 17.9 Å². The molecule has 0 amide bonds.